The normalized spacial score (nSPS) is 11.5. The van der Waals surface area contributed by atoms with Crippen molar-refractivity contribution in [2.45, 2.75) is 0 Å². The quantitative estimate of drug-likeness (QED) is 0.169. The highest BCUT2D eigenvalue weighted by Gasteiger charge is 2.18. The number of rotatable bonds is 2. The van der Waals surface area contributed by atoms with Crippen LogP contribution < -0.4 is 0 Å². The zero-order valence-electron chi connectivity index (χ0n) is 21.7. The maximum atomic E-state index is 9.36. The van der Waals surface area contributed by atoms with Gasteiger partial charge in [-0.05, 0) is 100 Å². The summed E-state index contributed by atoms with van der Waals surface area (Å²) in [7, 11) is 0. The minimum absolute atomic E-state index is 0.671. The molecule has 0 amide bonds. The number of nitriles is 1. The van der Waals surface area contributed by atoms with E-state index in [0.717, 1.165) is 5.56 Å². The molecule has 1 heteroatoms. The van der Waals surface area contributed by atoms with Gasteiger partial charge in [-0.3, -0.25) is 0 Å². The Hall–Kier alpha value is -5.45. The third-order valence-corrected chi connectivity index (χ3v) is 8.25. The van der Waals surface area contributed by atoms with Crippen LogP contribution in [0.1, 0.15) is 5.56 Å². The topological polar surface area (TPSA) is 23.8 Å². The highest BCUT2D eigenvalue weighted by Crippen LogP contribution is 2.45. The van der Waals surface area contributed by atoms with Gasteiger partial charge in [-0.15, -0.1) is 0 Å². The molecule has 184 valence electrons. The van der Waals surface area contributed by atoms with Gasteiger partial charge >= 0.3 is 0 Å². The molecule has 0 saturated heterocycles. The Balaban J connectivity index is 1.49. The largest absolute Gasteiger partial charge is 0.192 e. The van der Waals surface area contributed by atoms with Crippen LogP contribution >= 0.6 is 0 Å². The monoisotopic (exact) mass is 505 g/mol. The van der Waals surface area contributed by atoms with E-state index in [4.69, 9.17) is 0 Å². The van der Waals surface area contributed by atoms with Crippen LogP contribution in [0.15, 0.2) is 140 Å². The first-order valence-electron chi connectivity index (χ1n) is 13.6. The van der Waals surface area contributed by atoms with Crippen molar-refractivity contribution < 1.29 is 0 Å². The van der Waals surface area contributed by atoms with Crippen molar-refractivity contribution in [1.29, 1.82) is 5.26 Å². The lowest BCUT2D eigenvalue weighted by molar-refractivity contribution is 1.49. The van der Waals surface area contributed by atoms with Crippen LogP contribution in [0.25, 0.3) is 76.1 Å². The van der Waals surface area contributed by atoms with E-state index in [1.807, 2.05) is 12.1 Å². The zero-order chi connectivity index (χ0) is 26.6. The summed E-state index contributed by atoms with van der Waals surface area (Å²) in [6, 6.07) is 52.2. The second-order valence-corrected chi connectivity index (χ2v) is 10.4. The molecule has 0 heterocycles. The molecule has 8 aromatic rings. The molecule has 0 aromatic heterocycles. The molecule has 0 unspecified atom stereocenters. The molecule has 40 heavy (non-hydrogen) atoms. The maximum Gasteiger partial charge on any atom is 0.0991 e. The lowest BCUT2D eigenvalue weighted by Gasteiger charge is -2.19. The van der Waals surface area contributed by atoms with Crippen molar-refractivity contribution in [3.05, 3.63) is 145 Å². The Morgan fingerprint density at radius 2 is 0.950 bits per heavy atom. The fourth-order valence-corrected chi connectivity index (χ4v) is 6.44. The van der Waals surface area contributed by atoms with Crippen LogP contribution in [0, 0.1) is 11.3 Å². The van der Waals surface area contributed by atoms with Crippen LogP contribution in [-0.2, 0) is 0 Å². The predicted molar refractivity (Wildman–Crippen MR) is 170 cm³/mol. The van der Waals surface area contributed by atoms with E-state index in [9.17, 15) is 5.26 Å². The molecule has 0 aliphatic carbocycles. The Morgan fingerprint density at radius 1 is 0.375 bits per heavy atom. The van der Waals surface area contributed by atoms with E-state index in [1.165, 1.54) is 70.6 Å². The fraction of sp³-hybridized carbons (Fsp3) is 0. The Labute approximate surface area is 232 Å². The summed E-state index contributed by atoms with van der Waals surface area (Å²) in [4.78, 5) is 0. The molecule has 8 rings (SSSR count). The molecular formula is C39H23N. The average molecular weight is 506 g/mol. The molecule has 0 aliphatic heterocycles. The van der Waals surface area contributed by atoms with E-state index in [0.29, 0.717) is 5.56 Å². The molecule has 0 fully saturated rings. The Kier molecular flexibility index (Phi) is 4.96. The highest BCUT2D eigenvalue weighted by atomic mass is 14.2. The fourth-order valence-electron chi connectivity index (χ4n) is 6.44. The van der Waals surface area contributed by atoms with Gasteiger partial charge in [0, 0.05) is 0 Å². The maximum absolute atomic E-state index is 9.36. The molecule has 0 aliphatic rings. The number of benzene rings is 8. The van der Waals surface area contributed by atoms with Crippen molar-refractivity contribution in [2.75, 3.05) is 0 Å². The Bertz CT molecular complexity index is 2260. The Morgan fingerprint density at radius 3 is 1.60 bits per heavy atom. The van der Waals surface area contributed by atoms with E-state index >= 15 is 0 Å². The average Bonchev–Trinajstić information content (AvgIpc) is 3.02. The van der Waals surface area contributed by atoms with Crippen LogP contribution in [0.2, 0.25) is 0 Å². The van der Waals surface area contributed by atoms with E-state index in [-0.39, 0.29) is 0 Å². The molecule has 0 spiro atoms. The van der Waals surface area contributed by atoms with Gasteiger partial charge in [0.05, 0.1) is 11.6 Å². The summed E-state index contributed by atoms with van der Waals surface area (Å²) in [5.74, 6) is 0. The van der Waals surface area contributed by atoms with Crippen molar-refractivity contribution in [1.82, 2.24) is 0 Å². The van der Waals surface area contributed by atoms with Gasteiger partial charge in [-0.25, -0.2) is 0 Å². The van der Waals surface area contributed by atoms with Crippen molar-refractivity contribution >= 4 is 53.9 Å². The first-order chi connectivity index (χ1) is 19.8. The molecular weight excluding hydrogens is 482 g/mol. The summed E-state index contributed by atoms with van der Waals surface area (Å²) in [5, 5.41) is 21.8. The SMILES string of the molecule is N#Cc1ccc(-c2c3ccccc3c(-c3cccc4c3ccc3cc5ccccc5cc34)c3ccccc23)cc1. The first kappa shape index (κ1) is 22.5. The van der Waals surface area contributed by atoms with E-state index in [2.05, 4.69) is 133 Å². The van der Waals surface area contributed by atoms with Gasteiger partial charge in [0.1, 0.15) is 0 Å². The molecule has 0 radical (unpaired) electrons. The molecule has 8 aromatic carbocycles. The third kappa shape index (κ3) is 3.34. The lowest BCUT2D eigenvalue weighted by atomic mass is 9.84. The van der Waals surface area contributed by atoms with Crippen LogP contribution in [0.3, 0.4) is 0 Å². The number of hydrogen-bond donors (Lipinski definition) is 0. The molecule has 0 N–H and O–H groups in total. The summed E-state index contributed by atoms with van der Waals surface area (Å²) >= 11 is 0. The van der Waals surface area contributed by atoms with Crippen LogP contribution in [0.4, 0.5) is 0 Å². The summed E-state index contributed by atoms with van der Waals surface area (Å²) in [6.07, 6.45) is 0. The number of nitrogens with zero attached hydrogens (tertiary/aromatic N) is 1. The minimum Gasteiger partial charge on any atom is -0.192 e. The van der Waals surface area contributed by atoms with Crippen molar-refractivity contribution in [2.24, 2.45) is 0 Å². The van der Waals surface area contributed by atoms with Crippen LogP contribution in [0.5, 0.6) is 0 Å². The van der Waals surface area contributed by atoms with Gasteiger partial charge in [0.2, 0.25) is 0 Å². The van der Waals surface area contributed by atoms with Gasteiger partial charge in [-0.1, -0.05) is 115 Å². The summed E-state index contributed by atoms with van der Waals surface area (Å²) in [6.45, 7) is 0. The predicted octanol–water partition coefficient (Wildman–Crippen LogP) is 10.7. The number of fused-ring (bicyclic) bond motifs is 6. The molecule has 0 saturated carbocycles. The zero-order valence-corrected chi connectivity index (χ0v) is 21.7. The summed E-state index contributed by atoms with van der Waals surface area (Å²) < 4.78 is 0. The molecule has 1 nitrogen and oxygen atoms in total. The highest BCUT2D eigenvalue weighted by molar-refractivity contribution is 6.25. The van der Waals surface area contributed by atoms with Gasteiger partial charge < -0.3 is 0 Å². The minimum atomic E-state index is 0.671. The lowest BCUT2D eigenvalue weighted by Crippen LogP contribution is -1.92. The second-order valence-electron chi connectivity index (χ2n) is 10.4. The van der Waals surface area contributed by atoms with Gasteiger partial charge in [0.15, 0.2) is 0 Å². The third-order valence-electron chi connectivity index (χ3n) is 8.25. The standard InChI is InChI=1S/C39H23N/c40-24-25-16-18-26(19-17-25)38-33-10-3-5-12-35(33)39(36-13-6-4-11-34(36)38)32-15-7-14-30-31(32)21-20-29-22-27-8-1-2-9-28(27)23-37(29)30/h1-23H. The number of hydrogen-bond acceptors (Lipinski definition) is 1. The smallest absolute Gasteiger partial charge is 0.0991 e. The molecule has 0 atom stereocenters. The van der Waals surface area contributed by atoms with E-state index < -0.39 is 0 Å². The first-order valence-corrected chi connectivity index (χ1v) is 13.6. The molecule has 0 bridgehead atoms. The van der Waals surface area contributed by atoms with Gasteiger partial charge in [-0.2, -0.15) is 5.26 Å². The van der Waals surface area contributed by atoms with Crippen LogP contribution in [-0.4, -0.2) is 0 Å². The van der Waals surface area contributed by atoms with Crippen molar-refractivity contribution in [3.63, 3.8) is 0 Å². The van der Waals surface area contributed by atoms with Gasteiger partial charge in [0.25, 0.3) is 0 Å². The summed E-state index contributed by atoms with van der Waals surface area (Å²) in [5.41, 5.74) is 5.50. The van der Waals surface area contributed by atoms with Crippen molar-refractivity contribution in [3.8, 4) is 28.3 Å². The van der Waals surface area contributed by atoms with E-state index in [1.54, 1.807) is 0 Å². The second kappa shape index (κ2) is 8.80.